The number of amides is 1. The van der Waals surface area contributed by atoms with E-state index < -0.39 is 0 Å². The fourth-order valence-electron chi connectivity index (χ4n) is 2.55. The molecule has 4 nitrogen and oxygen atoms in total. The lowest BCUT2D eigenvalue weighted by molar-refractivity contribution is -0.127. The molecule has 0 aliphatic heterocycles. The second kappa shape index (κ2) is 11.0. The van der Waals surface area contributed by atoms with Crippen LogP contribution in [0.15, 0.2) is 66.7 Å². The Hall–Kier alpha value is -2.72. The zero-order valence-corrected chi connectivity index (χ0v) is 15.1. The number of carbonyl (C=O) groups excluding carboxylic acids is 2. The summed E-state index contributed by atoms with van der Waals surface area (Å²) >= 11 is 0. The average Bonchev–Trinajstić information content (AvgIpc) is 2.65. The molecule has 0 fully saturated rings. The van der Waals surface area contributed by atoms with Crippen molar-refractivity contribution in [1.29, 1.82) is 0 Å². The first-order valence-corrected chi connectivity index (χ1v) is 8.81. The molecular weight excluding hydrogens is 326 g/mol. The standard InChI is InChI=1S/C22H25NO3/c1-18(24)17-22(25)23-14-8-15-26-16-13-21(19-9-4-2-5-10-19)20-11-6-3-7-12-20/h2-7,9-13H,8,14-17H2,1H3,(H,23,25). The Labute approximate surface area is 154 Å². The SMILES string of the molecule is CC(=O)CC(=O)NCCCOCC=C(c1ccccc1)c1ccccc1. The van der Waals surface area contributed by atoms with Gasteiger partial charge in [-0.05, 0) is 30.0 Å². The molecule has 0 bridgehead atoms. The predicted molar refractivity (Wildman–Crippen MR) is 104 cm³/mol. The minimum Gasteiger partial charge on any atom is -0.377 e. The number of hydrogen-bond acceptors (Lipinski definition) is 3. The Morgan fingerprint density at radius 2 is 1.54 bits per heavy atom. The van der Waals surface area contributed by atoms with E-state index in [9.17, 15) is 9.59 Å². The van der Waals surface area contributed by atoms with Crippen LogP contribution in [0.25, 0.3) is 5.57 Å². The number of rotatable bonds is 10. The smallest absolute Gasteiger partial charge is 0.227 e. The van der Waals surface area contributed by atoms with Crippen LogP contribution in [0.1, 0.15) is 30.9 Å². The van der Waals surface area contributed by atoms with Gasteiger partial charge in [0.05, 0.1) is 13.0 Å². The first-order chi connectivity index (χ1) is 12.7. The van der Waals surface area contributed by atoms with Crippen molar-refractivity contribution in [2.45, 2.75) is 19.8 Å². The van der Waals surface area contributed by atoms with E-state index >= 15 is 0 Å². The summed E-state index contributed by atoms with van der Waals surface area (Å²) in [5, 5.41) is 2.71. The van der Waals surface area contributed by atoms with Crippen molar-refractivity contribution < 1.29 is 14.3 Å². The van der Waals surface area contributed by atoms with Crippen LogP contribution in [0.4, 0.5) is 0 Å². The van der Waals surface area contributed by atoms with Crippen molar-refractivity contribution in [2.75, 3.05) is 19.8 Å². The van der Waals surface area contributed by atoms with Gasteiger partial charge < -0.3 is 10.1 Å². The Bertz CT molecular complexity index is 682. The molecule has 0 unspecified atom stereocenters. The second-order valence-corrected chi connectivity index (χ2v) is 6.01. The van der Waals surface area contributed by atoms with E-state index in [0.717, 1.165) is 16.7 Å². The number of carbonyl (C=O) groups is 2. The molecule has 0 spiro atoms. The molecular formula is C22H25NO3. The van der Waals surface area contributed by atoms with Gasteiger partial charge in [0.1, 0.15) is 5.78 Å². The third kappa shape index (κ3) is 7.03. The van der Waals surface area contributed by atoms with Gasteiger partial charge in [-0.25, -0.2) is 0 Å². The molecule has 0 atom stereocenters. The molecule has 0 radical (unpaired) electrons. The largest absolute Gasteiger partial charge is 0.377 e. The van der Waals surface area contributed by atoms with E-state index in [2.05, 4.69) is 35.7 Å². The maximum Gasteiger partial charge on any atom is 0.227 e. The average molecular weight is 351 g/mol. The number of nitrogens with one attached hydrogen (secondary N) is 1. The summed E-state index contributed by atoms with van der Waals surface area (Å²) in [6.45, 7) is 2.97. The first-order valence-electron chi connectivity index (χ1n) is 8.81. The molecule has 136 valence electrons. The molecule has 0 aliphatic rings. The molecule has 2 aromatic rings. The highest BCUT2D eigenvalue weighted by molar-refractivity contribution is 5.96. The highest BCUT2D eigenvalue weighted by atomic mass is 16.5. The quantitative estimate of drug-likeness (QED) is 0.525. The summed E-state index contributed by atoms with van der Waals surface area (Å²) in [7, 11) is 0. The van der Waals surface area contributed by atoms with Crippen molar-refractivity contribution in [3.8, 4) is 0 Å². The zero-order chi connectivity index (χ0) is 18.6. The van der Waals surface area contributed by atoms with E-state index in [1.54, 1.807) is 0 Å². The minimum absolute atomic E-state index is 0.0545. The third-order valence-corrected chi connectivity index (χ3v) is 3.77. The Morgan fingerprint density at radius 1 is 0.962 bits per heavy atom. The van der Waals surface area contributed by atoms with Crippen LogP contribution in [0, 0.1) is 0 Å². The van der Waals surface area contributed by atoms with Gasteiger partial charge in [0.15, 0.2) is 0 Å². The number of hydrogen-bond donors (Lipinski definition) is 1. The summed E-state index contributed by atoms with van der Waals surface area (Å²) in [5.74, 6) is -0.355. The minimum atomic E-state index is -0.229. The van der Waals surface area contributed by atoms with Crippen LogP contribution >= 0.6 is 0 Å². The van der Waals surface area contributed by atoms with Crippen molar-refractivity contribution in [3.63, 3.8) is 0 Å². The van der Waals surface area contributed by atoms with Crippen molar-refractivity contribution in [1.82, 2.24) is 5.32 Å². The molecule has 2 aromatic carbocycles. The topological polar surface area (TPSA) is 55.4 Å². The highest BCUT2D eigenvalue weighted by Gasteiger charge is 2.05. The van der Waals surface area contributed by atoms with Crippen molar-refractivity contribution in [2.24, 2.45) is 0 Å². The first kappa shape index (κ1) is 19.6. The van der Waals surface area contributed by atoms with Gasteiger partial charge in [-0.15, -0.1) is 0 Å². The number of Topliss-reactive ketones (excluding diaryl/α,β-unsaturated/α-hetero) is 1. The normalized spacial score (nSPS) is 10.2. The lowest BCUT2D eigenvalue weighted by Crippen LogP contribution is -2.26. The van der Waals surface area contributed by atoms with Gasteiger partial charge in [-0.3, -0.25) is 9.59 Å². The van der Waals surface area contributed by atoms with Crippen molar-refractivity contribution >= 4 is 17.3 Å². The highest BCUT2D eigenvalue weighted by Crippen LogP contribution is 2.22. The van der Waals surface area contributed by atoms with E-state index in [-0.39, 0.29) is 18.1 Å². The van der Waals surface area contributed by atoms with Crippen LogP contribution < -0.4 is 5.32 Å². The van der Waals surface area contributed by atoms with Gasteiger partial charge in [0.25, 0.3) is 0 Å². The lowest BCUT2D eigenvalue weighted by Gasteiger charge is -2.09. The van der Waals surface area contributed by atoms with Gasteiger partial charge >= 0.3 is 0 Å². The van der Waals surface area contributed by atoms with Crippen molar-refractivity contribution in [3.05, 3.63) is 77.9 Å². The molecule has 4 heteroatoms. The predicted octanol–water partition coefficient (Wildman–Crippen LogP) is 3.62. The Morgan fingerprint density at radius 3 is 2.08 bits per heavy atom. The maximum atomic E-state index is 11.4. The van der Waals surface area contributed by atoms with Gasteiger partial charge in [0.2, 0.25) is 5.91 Å². The summed E-state index contributed by atoms with van der Waals surface area (Å²) in [5.41, 5.74) is 3.44. The van der Waals surface area contributed by atoms with Crippen LogP contribution in [0.5, 0.6) is 0 Å². The number of ketones is 1. The maximum absolute atomic E-state index is 11.4. The zero-order valence-electron chi connectivity index (χ0n) is 15.1. The van der Waals surface area contributed by atoms with Gasteiger partial charge in [0, 0.05) is 13.2 Å². The molecule has 1 amide bonds. The molecule has 2 rings (SSSR count). The van der Waals surface area contributed by atoms with E-state index in [1.165, 1.54) is 6.92 Å². The van der Waals surface area contributed by atoms with E-state index in [4.69, 9.17) is 4.74 Å². The Kier molecular flexibility index (Phi) is 8.30. The Balaban J connectivity index is 1.82. The van der Waals surface area contributed by atoms with Crippen LogP contribution in [0.2, 0.25) is 0 Å². The lowest BCUT2D eigenvalue weighted by atomic mass is 9.98. The van der Waals surface area contributed by atoms with E-state index in [1.807, 2.05) is 36.4 Å². The molecule has 0 aliphatic carbocycles. The summed E-state index contributed by atoms with van der Waals surface area (Å²) in [4.78, 5) is 22.2. The third-order valence-electron chi connectivity index (χ3n) is 3.77. The summed E-state index contributed by atoms with van der Waals surface area (Å²) in [6.07, 6.45) is 2.74. The molecule has 26 heavy (non-hydrogen) atoms. The second-order valence-electron chi connectivity index (χ2n) is 6.01. The fraction of sp³-hybridized carbons (Fsp3) is 0.273. The van der Waals surface area contributed by atoms with Gasteiger partial charge in [-0.1, -0.05) is 66.7 Å². The van der Waals surface area contributed by atoms with Crippen LogP contribution in [-0.4, -0.2) is 31.4 Å². The summed E-state index contributed by atoms with van der Waals surface area (Å²) in [6, 6.07) is 20.5. The summed E-state index contributed by atoms with van der Waals surface area (Å²) < 4.78 is 5.68. The molecule has 0 saturated carbocycles. The number of ether oxygens (including phenoxy) is 1. The fourth-order valence-corrected chi connectivity index (χ4v) is 2.55. The van der Waals surface area contributed by atoms with Crippen LogP contribution in [-0.2, 0) is 14.3 Å². The molecule has 1 N–H and O–H groups in total. The van der Waals surface area contributed by atoms with Gasteiger partial charge in [-0.2, -0.15) is 0 Å². The van der Waals surface area contributed by atoms with Crippen LogP contribution in [0.3, 0.4) is 0 Å². The molecule has 0 saturated heterocycles. The number of benzene rings is 2. The monoisotopic (exact) mass is 351 g/mol. The molecule has 0 aromatic heterocycles. The molecule has 0 heterocycles. The van der Waals surface area contributed by atoms with E-state index in [0.29, 0.717) is 26.2 Å².